The third-order valence-corrected chi connectivity index (χ3v) is 8.00. The molecule has 2 heterocycles. The first kappa shape index (κ1) is 17.4. The molecule has 5 heteroatoms. The predicted molar refractivity (Wildman–Crippen MR) is 105 cm³/mol. The number of nitrogens with one attached hydrogen (secondary N) is 2. The molecule has 0 amide bonds. The molecule has 4 fully saturated rings. The van der Waals surface area contributed by atoms with Crippen LogP contribution in [0.15, 0.2) is 34.9 Å². The maximum Gasteiger partial charge on any atom is 0.335 e. The van der Waals surface area contributed by atoms with Gasteiger partial charge in [0.2, 0.25) is 0 Å². The van der Waals surface area contributed by atoms with Gasteiger partial charge < -0.3 is 9.47 Å². The van der Waals surface area contributed by atoms with Crippen LogP contribution in [0.25, 0.3) is 0 Å². The molecule has 2 saturated heterocycles. The molecule has 7 atom stereocenters. The molecular weight excluding hydrogens is 352 g/mol. The SMILES string of the molecule is O=C(OC1CCC2C1=CC=C1C3=CC4CNNC4CC3CCC12)[C@H]1CCCO1. The summed E-state index contributed by atoms with van der Waals surface area (Å²) in [7, 11) is 0. The number of hydrogen-bond donors (Lipinski definition) is 2. The number of carbonyl (C=O) groups is 1. The number of ether oxygens (including phenoxy) is 2. The number of carbonyl (C=O) groups excluding carboxylic acids is 1. The number of hydrogen-bond acceptors (Lipinski definition) is 5. The molecule has 0 aromatic carbocycles. The van der Waals surface area contributed by atoms with Crippen molar-refractivity contribution in [3.8, 4) is 0 Å². The summed E-state index contributed by atoms with van der Waals surface area (Å²) in [6, 6.07) is 0.605. The zero-order chi connectivity index (χ0) is 18.7. The molecule has 0 radical (unpaired) electrons. The first-order valence-electron chi connectivity index (χ1n) is 11.2. The van der Waals surface area contributed by atoms with Gasteiger partial charge in [0.15, 0.2) is 6.10 Å². The van der Waals surface area contributed by atoms with E-state index in [1.807, 2.05) is 0 Å². The summed E-state index contributed by atoms with van der Waals surface area (Å²) >= 11 is 0. The van der Waals surface area contributed by atoms with Crippen LogP contribution in [-0.4, -0.2) is 37.4 Å². The van der Waals surface area contributed by atoms with E-state index >= 15 is 0 Å². The average molecular weight is 383 g/mol. The summed E-state index contributed by atoms with van der Waals surface area (Å²) < 4.78 is 11.4. The highest BCUT2D eigenvalue weighted by atomic mass is 16.6. The molecule has 0 bridgehead atoms. The van der Waals surface area contributed by atoms with Crippen LogP contribution in [0.4, 0.5) is 0 Å². The summed E-state index contributed by atoms with van der Waals surface area (Å²) in [4.78, 5) is 12.4. The molecule has 0 aromatic heterocycles. The first-order valence-corrected chi connectivity index (χ1v) is 11.2. The van der Waals surface area contributed by atoms with Crippen molar-refractivity contribution in [1.29, 1.82) is 0 Å². The minimum atomic E-state index is -0.334. The topological polar surface area (TPSA) is 59.6 Å². The standard InChI is InChI=1S/C23H30N2O3/c26-23(22-2-1-9-27-22)28-21-8-7-16-15-4-3-13-11-20-14(12-24-25-20)10-19(13)17(15)5-6-18(16)21/h5-6,10,13-16,20-22,24-25H,1-4,7-9,11-12H2/t13?,14?,15?,16?,20?,21?,22-/m1/s1. The average Bonchev–Trinajstić information content (AvgIpc) is 3.46. The molecule has 2 aliphatic heterocycles. The number of allylic oxidation sites excluding steroid dienone is 4. The minimum absolute atomic E-state index is 0.0369. The number of hydrazine groups is 1. The van der Waals surface area contributed by atoms with Crippen molar-refractivity contribution in [3.05, 3.63) is 34.9 Å². The van der Waals surface area contributed by atoms with E-state index in [1.54, 1.807) is 11.1 Å². The third kappa shape index (κ3) is 2.74. The van der Waals surface area contributed by atoms with Crippen LogP contribution in [-0.2, 0) is 14.3 Å². The lowest BCUT2D eigenvalue weighted by Gasteiger charge is -2.43. The van der Waals surface area contributed by atoms with E-state index in [4.69, 9.17) is 9.47 Å². The Bertz CT molecular complexity index is 764. The Morgan fingerprint density at radius 3 is 2.89 bits per heavy atom. The second kappa shape index (κ2) is 6.82. The smallest absolute Gasteiger partial charge is 0.335 e. The quantitative estimate of drug-likeness (QED) is 0.719. The van der Waals surface area contributed by atoms with Gasteiger partial charge in [-0.25, -0.2) is 4.79 Å². The van der Waals surface area contributed by atoms with E-state index in [2.05, 4.69) is 29.1 Å². The van der Waals surface area contributed by atoms with E-state index in [-0.39, 0.29) is 18.2 Å². The summed E-state index contributed by atoms with van der Waals surface area (Å²) in [6.45, 7) is 1.73. The van der Waals surface area contributed by atoms with Gasteiger partial charge in [0, 0.05) is 25.1 Å². The summed E-state index contributed by atoms with van der Waals surface area (Å²) in [5.41, 5.74) is 11.4. The Balaban J connectivity index is 1.24. The molecule has 2 N–H and O–H groups in total. The zero-order valence-electron chi connectivity index (χ0n) is 16.4. The van der Waals surface area contributed by atoms with E-state index in [0.717, 1.165) is 32.2 Å². The molecule has 6 rings (SSSR count). The fourth-order valence-corrected chi connectivity index (χ4v) is 6.62. The fourth-order valence-electron chi connectivity index (χ4n) is 6.62. The van der Waals surface area contributed by atoms with Gasteiger partial charge in [0.25, 0.3) is 0 Å². The molecule has 6 aliphatic rings. The lowest BCUT2D eigenvalue weighted by atomic mass is 9.62. The molecule has 4 aliphatic carbocycles. The van der Waals surface area contributed by atoms with E-state index < -0.39 is 0 Å². The number of fused-ring (bicyclic) bond motifs is 6. The Morgan fingerprint density at radius 2 is 2.00 bits per heavy atom. The molecule has 0 aromatic rings. The minimum Gasteiger partial charge on any atom is -0.456 e. The highest BCUT2D eigenvalue weighted by Gasteiger charge is 2.46. The second-order valence-electron chi connectivity index (χ2n) is 9.43. The van der Waals surface area contributed by atoms with Crippen molar-refractivity contribution in [2.75, 3.05) is 13.2 Å². The summed E-state index contributed by atoms with van der Waals surface area (Å²) in [5.74, 6) is 2.36. The van der Waals surface area contributed by atoms with Gasteiger partial charge in [-0.15, -0.1) is 0 Å². The Hall–Kier alpha value is -1.43. The predicted octanol–water partition coefficient (Wildman–Crippen LogP) is 2.80. The van der Waals surface area contributed by atoms with Crippen LogP contribution in [0, 0.1) is 23.7 Å². The monoisotopic (exact) mass is 382 g/mol. The maximum atomic E-state index is 12.4. The van der Waals surface area contributed by atoms with E-state index in [0.29, 0.717) is 36.3 Å². The van der Waals surface area contributed by atoms with Crippen molar-refractivity contribution in [3.63, 3.8) is 0 Å². The first-order chi connectivity index (χ1) is 13.8. The van der Waals surface area contributed by atoms with Gasteiger partial charge in [-0.1, -0.05) is 18.2 Å². The van der Waals surface area contributed by atoms with Crippen LogP contribution < -0.4 is 10.9 Å². The van der Waals surface area contributed by atoms with Gasteiger partial charge in [-0.2, -0.15) is 0 Å². The van der Waals surface area contributed by atoms with E-state index in [1.165, 1.54) is 24.8 Å². The molecule has 2 saturated carbocycles. The molecule has 28 heavy (non-hydrogen) atoms. The highest BCUT2D eigenvalue weighted by molar-refractivity contribution is 5.75. The van der Waals surface area contributed by atoms with Gasteiger partial charge in [0.05, 0.1) is 0 Å². The van der Waals surface area contributed by atoms with Gasteiger partial charge >= 0.3 is 5.97 Å². The van der Waals surface area contributed by atoms with Crippen molar-refractivity contribution in [1.82, 2.24) is 10.9 Å². The van der Waals surface area contributed by atoms with Crippen molar-refractivity contribution in [2.24, 2.45) is 23.7 Å². The Labute approximate surface area is 166 Å². The molecular formula is C23H30N2O3. The van der Waals surface area contributed by atoms with Gasteiger partial charge in [-0.3, -0.25) is 10.9 Å². The normalized spacial score (nSPS) is 43.9. The molecule has 150 valence electrons. The van der Waals surface area contributed by atoms with Crippen LogP contribution >= 0.6 is 0 Å². The summed E-state index contributed by atoms with van der Waals surface area (Å²) in [6.07, 6.45) is 14.6. The Morgan fingerprint density at radius 1 is 1.07 bits per heavy atom. The second-order valence-corrected chi connectivity index (χ2v) is 9.43. The largest absolute Gasteiger partial charge is 0.456 e. The van der Waals surface area contributed by atoms with E-state index in [9.17, 15) is 4.79 Å². The van der Waals surface area contributed by atoms with Gasteiger partial charge in [-0.05, 0) is 79.4 Å². The molecule has 0 spiro atoms. The van der Waals surface area contributed by atoms with Crippen LogP contribution in [0.1, 0.15) is 44.9 Å². The number of rotatable bonds is 2. The fraction of sp³-hybridized carbons (Fsp3) is 0.696. The lowest BCUT2D eigenvalue weighted by Crippen LogP contribution is -2.39. The lowest BCUT2D eigenvalue weighted by molar-refractivity contribution is -0.157. The zero-order valence-corrected chi connectivity index (χ0v) is 16.4. The van der Waals surface area contributed by atoms with Gasteiger partial charge in [0.1, 0.15) is 6.10 Å². The van der Waals surface area contributed by atoms with Crippen LogP contribution in [0.2, 0.25) is 0 Å². The van der Waals surface area contributed by atoms with Crippen LogP contribution in [0.3, 0.4) is 0 Å². The van der Waals surface area contributed by atoms with Crippen LogP contribution in [0.5, 0.6) is 0 Å². The van der Waals surface area contributed by atoms with Crippen molar-refractivity contribution < 1.29 is 14.3 Å². The Kier molecular flexibility index (Phi) is 4.25. The number of esters is 1. The molecule has 5 nitrogen and oxygen atoms in total. The van der Waals surface area contributed by atoms with Crippen molar-refractivity contribution in [2.45, 2.75) is 63.2 Å². The third-order valence-electron chi connectivity index (χ3n) is 8.00. The summed E-state index contributed by atoms with van der Waals surface area (Å²) in [5, 5.41) is 0. The highest BCUT2D eigenvalue weighted by Crippen LogP contribution is 2.53. The maximum absolute atomic E-state index is 12.4. The molecule has 6 unspecified atom stereocenters. The van der Waals surface area contributed by atoms with Crippen molar-refractivity contribution >= 4 is 5.97 Å².